The Hall–Kier alpha value is -2.22. The zero-order chi connectivity index (χ0) is 18.1. The summed E-state index contributed by atoms with van der Waals surface area (Å²) in [6, 6.07) is 7.13. The maximum absolute atomic E-state index is 12.9. The quantitative estimate of drug-likeness (QED) is 0.768. The number of amides is 3. The van der Waals surface area contributed by atoms with E-state index in [2.05, 4.69) is 31.4 Å². The van der Waals surface area contributed by atoms with Crippen LogP contribution >= 0.6 is 15.9 Å². The fourth-order valence-electron chi connectivity index (χ4n) is 3.69. The molecule has 0 bridgehead atoms. The van der Waals surface area contributed by atoms with Gasteiger partial charge in [0, 0.05) is 4.47 Å². The molecule has 8 heteroatoms. The molecule has 1 spiro atoms. The van der Waals surface area contributed by atoms with Crippen molar-refractivity contribution in [2.24, 2.45) is 0 Å². The first-order chi connectivity index (χ1) is 12.6. The lowest BCUT2D eigenvalue weighted by molar-refractivity contribution is -0.132. The molecule has 2 aliphatic rings. The number of halogens is 1. The molecule has 2 aromatic rings. The first-order valence-corrected chi connectivity index (χ1v) is 9.60. The van der Waals surface area contributed by atoms with Gasteiger partial charge < -0.3 is 9.73 Å². The Balaban J connectivity index is 1.53. The van der Waals surface area contributed by atoms with E-state index in [4.69, 9.17) is 4.42 Å². The summed E-state index contributed by atoms with van der Waals surface area (Å²) in [5.74, 6) is 0.415. The van der Waals surface area contributed by atoms with E-state index in [1.807, 2.05) is 24.3 Å². The molecular formula is C18H19BrN4O3. The van der Waals surface area contributed by atoms with Crippen LogP contribution in [0.3, 0.4) is 0 Å². The molecule has 1 saturated carbocycles. The predicted octanol–water partition coefficient (Wildman–Crippen LogP) is 3.64. The topological polar surface area (TPSA) is 88.3 Å². The van der Waals surface area contributed by atoms with Gasteiger partial charge in [0.15, 0.2) is 0 Å². The van der Waals surface area contributed by atoms with Gasteiger partial charge in [-0.1, -0.05) is 37.8 Å². The number of carbonyl (C=O) groups excluding carboxylic acids is 2. The van der Waals surface area contributed by atoms with E-state index in [0.717, 1.165) is 35.7 Å². The lowest BCUT2D eigenvalue weighted by Gasteiger charge is -2.24. The molecule has 7 nitrogen and oxygen atoms in total. The molecular weight excluding hydrogens is 400 g/mol. The van der Waals surface area contributed by atoms with Crippen LogP contribution in [-0.4, -0.2) is 32.6 Å². The molecule has 136 valence electrons. The Morgan fingerprint density at radius 2 is 1.85 bits per heavy atom. The van der Waals surface area contributed by atoms with Crippen LogP contribution in [0, 0.1) is 0 Å². The molecule has 1 aliphatic heterocycles. The first-order valence-electron chi connectivity index (χ1n) is 8.80. The second kappa shape index (κ2) is 6.83. The standard InChI is InChI=1S/C18H19BrN4O3/c19-13-8-4-3-7-12(13)15-22-21-14(26-15)11-23-16(24)18(20-17(23)25)9-5-1-2-6-10-18/h3-4,7-8H,1-2,5-6,9-11H2,(H,20,25). The molecule has 1 aromatic carbocycles. The van der Waals surface area contributed by atoms with E-state index in [9.17, 15) is 9.59 Å². The summed E-state index contributed by atoms with van der Waals surface area (Å²) in [7, 11) is 0. The second-order valence-corrected chi connectivity index (χ2v) is 7.65. The maximum Gasteiger partial charge on any atom is 0.325 e. The minimum Gasteiger partial charge on any atom is -0.419 e. The van der Waals surface area contributed by atoms with Gasteiger partial charge in [0.05, 0.1) is 5.56 Å². The van der Waals surface area contributed by atoms with Crippen LogP contribution in [0.2, 0.25) is 0 Å². The van der Waals surface area contributed by atoms with Gasteiger partial charge in [-0.2, -0.15) is 0 Å². The van der Waals surface area contributed by atoms with Crippen molar-refractivity contribution in [2.45, 2.75) is 50.6 Å². The number of urea groups is 1. The largest absolute Gasteiger partial charge is 0.419 e. The number of imide groups is 1. The summed E-state index contributed by atoms with van der Waals surface area (Å²) < 4.78 is 6.52. The van der Waals surface area contributed by atoms with Gasteiger partial charge in [-0.25, -0.2) is 4.79 Å². The van der Waals surface area contributed by atoms with E-state index in [-0.39, 0.29) is 24.4 Å². The minimum atomic E-state index is -0.751. The predicted molar refractivity (Wildman–Crippen MR) is 96.9 cm³/mol. The highest BCUT2D eigenvalue weighted by Crippen LogP contribution is 2.33. The smallest absolute Gasteiger partial charge is 0.325 e. The van der Waals surface area contributed by atoms with Gasteiger partial charge in [0.1, 0.15) is 12.1 Å². The van der Waals surface area contributed by atoms with Crippen LogP contribution in [-0.2, 0) is 11.3 Å². The van der Waals surface area contributed by atoms with Gasteiger partial charge in [0.2, 0.25) is 11.8 Å². The SMILES string of the molecule is O=C1NC2(CCCCCC2)C(=O)N1Cc1nnc(-c2ccccc2Br)o1. The molecule has 26 heavy (non-hydrogen) atoms. The second-order valence-electron chi connectivity index (χ2n) is 6.80. The fourth-order valence-corrected chi connectivity index (χ4v) is 4.14. The number of hydrogen-bond acceptors (Lipinski definition) is 5. The van der Waals surface area contributed by atoms with Crippen LogP contribution in [0.25, 0.3) is 11.5 Å². The van der Waals surface area contributed by atoms with Crippen molar-refractivity contribution in [3.63, 3.8) is 0 Å². The van der Waals surface area contributed by atoms with E-state index < -0.39 is 5.54 Å². The fraction of sp³-hybridized carbons (Fsp3) is 0.444. The zero-order valence-corrected chi connectivity index (χ0v) is 15.8. The van der Waals surface area contributed by atoms with Crippen LogP contribution in [0.15, 0.2) is 33.2 Å². The zero-order valence-electron chi connectivity index (χ0n) is 14.2. The van der Waals surface area contributed by atoms with Crippen molar-refractivity contribution in [1.82, 2.24) is 20.4 Å². The molecule has 0 radical (unpaired) electrons. The van der Waals surface area contributed by atoms with Gasteiger partial charge in [-0.3, -0.25) is 9.69 Å². The van der Waals surface area contributed by atoms with E-state index in [1.165, 1.54) is 4.90 Å². The number of rotatable bonds is 3. The summed E-state index contributed by atoms with van der Waals surface area (Å²) >= 11 is 3.45. The van der Waals surface area contributed by atoms with Crippen molar-refractivity contribution in [1.29, 1.82) is 0 Å². The summed E-state index contributed by atoms with van der Waals surface area (Å²) in [4.78, 5) is 26.5. The van der Waals surface area contributed by atoms with E-state index in [0.29, 0.717) is 18.7 Å². The normalized spacial score (nSPS) is 19.7. The average molecular weight is 419 g/mol. The molecule has 1 saturated heterocycles. The first kappa shape index (κ1) is 17.2. The number of benzene rings is 1. The molecule has 1 aliphatic carbocycles. The Morgan fingerprint density at radius 3 is 2.58 bits per heavy atom. The van der Waals surface area contributed by atoms with Crippen molar-refractivity contribution < 1.29 is 14.0 Å². The van der Waals surface area contributed by atoms with Crippen LogP contribution in [0.5, 0.6) is 0 Å². The highest BCUT2D eigenvalue weighted by Gasteiger charge is 2.51. The van der Waals surface area contributed by atoms with Gasteiger partial charge >= 0.3 is 6.03 Å². The van der Waals surface area contributed by atoms with Crippen LogP contribution in [0.1, 0.15) is 44.4 Å². The third-order valence-electron chi connectivity index (χ3n) is 5.07. The molecule has 1 N–H and O–H groups in total. The molecule has 3 amide bonds. The Kier molecular flexibility index (Phi) is 4.52. The Morgan fingerprint density at radius 1 is 1.12 bits per heavy atom. The van der Waals surface area contributed by atoms with Crippen LogP contribution in [0.4, 0.5) is 4.79 Å². The molecule has 0 atom stereocenters. The third-order valence-corrected chi connectivity index (χ3v) is 5.76. The van der Waals surface area contributed by atoms with Gasteiger partial charge in [-0.05, 0) is 40.9 Å². The summed E-state index contributed by atoms with van der Waals surface area (Å²) in [6.45, 7) is -0.0101. The number of aromatic nitrogens is 2. The highest BCUT2D eigenvalue weighted by atomic mass is 79.9. The molecule has 2 fully saturated rings. The maximum atomic E-state index is 12.9. The van der Waals surface area contributed by atoms with Crippen molar-refractivity contribution in [3.8, 4) is 11.5 Å². The third kappa shape index (κ3) is 3.02. The molecule has 2 heterocycles. The summed E-state index contributed by atoms with van der Waals surface area (Å²) in [6.07, 6.45) is 5.49. The molecule has 0 unspecified atom stereocenters. The van der Waals surface area contributed by atoms with Gasteiger partial charge in [0.25, 0.3) is 5.91 Å². The van der Waals surface area contributed by atoms with Crippen molar-refractivity contribution >= 4 is 27.9 Å². The van der Waals surface area contributed by atoms with E-state index >= 15 is 0 Å². The number of hydrogen-bond donors (Lipinski definition) is 1. The summed E-state index contributed by atoms with van der Waals surface area (Å²) in [5, 5.41) is 11.0. The number of carbonyl (C=O) groups is 2. The minimum absolute atomic E-state index is 0.0101. The number of nitrogens with zero attached hydrogens (tertiary/aromatic N) is 3. The average Bonchev–Trinajstić information content (AvgIpc) is 3.07. The lowest BCUT2D eigenvalue weighted by Crippen LogP contribution is -2.46. The lowest BCUT2D eigenvalue weighted by atomic mass is 9.90. The van der Waals surface area contributed by atoms with Crippen molar-refractivity contribution in [2.75, 3.05) is 0 Å². The summed E-state index contributed by atoms with van der Waals surface area (Å²) in [5.41, 5.74) is 0.0162. The van der Waals surface area contributed by atoms with E-state index in [1.54, 1.807) is 0 Å². The Bertz CT molecular complexity index is 842. The number of nitrogens with one attached hydrogen (secondary N) is 1. The highest BCUT2D eigenvalue weighted by molar-refractivity contribution is 9.10. The van der Waals surface area contributed by atoms with Crippen LogP contribution < -0.4 is 5.32 Å². The molecule has 1 aromatic heterocycles. The van der Waals surface area contributed by atoms with Gasteiger partial charge in [-0.15, -0.1) is 10.2 Å². The van der Waals surface area contributed by atoms with Crippen molar-refractivity contribution in [3.05, 3.63) is 34.6 Å². The Labute approximate surface area is 159 Å². The molecule has 4 rings (SSSR count). The monoisotopic (exact) mass is 418 g/mol.